The Morgan fingerprint density at radius 1 is 1.20 bits per heavy atom. The zero-order chi connectivity index (χ0) is 14.5. The fraction of sp³-hybridized carbons (Fsp3) is 0.294. The number of nitrogens with one attached hydrogen (secondary N) is 1. The van der Waals surface area contributed by atoms with E-state index in [1.165, 1.54) is 23.3 Å². The van der Waals surface area contributed by atoms with Crippen LogP contribution in [-0.2, 0) is 6.42 Å². The van der Waals surface area contributed by atoms with E-state index in [0.29, 0.717) is 5.75 Å². The van der Waals surface area contributed by atoms with E-state index in [1.54, 1.807) is 13.2 Å². The number of halogens is 1. The van der Waals surface area contributed by atoms with Crippen molar-refractivity contribution in [2.24, 2.45) is 0 Å². The van der Waals surface area contributed by atoms with Crippen LogP contribution in [0.2, 0.25) is 0 Å². The lowest BCUT2D eigenvalue weighted by molar-refractivity contribution is 0.399. The van der Waals surface area contributed by atoms with Crippen LogP contribution in [0.1, 0.15) is 22.7 Å². The summed E-state index contributed by atoms with van der Waals surface area (Å²) < 4.78 is 18.8. The summed E-state index contributed by atoms with van der Waals surface area (Å²) in [6, 6.07) is 13.0. The summed E-state index contributed by atoms with van der Waals surface area (Å²) in [5.41, 5.74) is 3.29. The third-order valence-corrected chi connectivity index (χ3v) is 3.44. The van der Waals surface area contributed by atoms with E-state index in [4.69, 9.17) is 4.74 Å². The van der Waals surface area contributed by atoms with Gasteiger partial charge in [0.05, 0.1) is 7.11 Å². The molecule has 0 radical (unpaired) electrons. The maximum Gasteiger partial charge on any atom is 0.123 e. The molecular formula is C17H20FNO. The minimum atomic E-state index is -0.245. The van der Waals surface area contributed by atoms with Gasteiger partial charge in [-0.15, -0.1) is 0 Å². The van der Waals surface area contributed by atoms with E-state index in [9.17, 15) is 4.39 Å². The molecule has 0 bridgehead atoms. The molecule has 1 N–H and O–H groups in total. The average molecular weight is 273 g/mol. The average Bonchev–Trinajstić information content (AvgIpc) is 2.45. The Hall–Kier alpha value is -1.87. The highest BCUT2D eigenvalue weighted by Gasteiger charge is 2.16. The van der Waals surface area contributed by atoms with Gasteiger partial charge in [-0.05, 0) is 44.2 Å². The Bertz CT molecular complexity index is 583. The third-order valence-electron chi connectivity index (χ3n) is 3.44. The predicted octanol–water partition coefficient (Wildman–Crippen LogP) is 3.65. The van der Waals surface area contributed by atoms with Crippen LogP contribution in [0.15, 0.2) is 42.5 Å². The zero-order valence-corrected chi connectivity index (χ0v) is 12.1. The van der Waals surface area contributed by atoms with E-state index in [-0.39, 0.29) is 11.9 Å². The molecule has 0 amide bonds. The molecule has 1 unspecified atom stereocenters. The molecule has 0 aliphatic carbocycles. The summed E-state index contributed by atoms with van der Waals surface area (Å²) in [6.45, 7) is 2.07. The van der Waals surface area contributed by atoms with Crippen LogP contribution in [0.3, 0.4) is 0 Å². The largest absolute Gasteiger partial charge is 0.496 e. The van der Waals surface area contributed by atoms with Gasteiger partial charge in [-0.2, -0.15) is 0 Å². The molecule has 0 spiro atoms. The molecule has 20 heavy (non-hydrogen) atoms. The maximum atomic E-state index is 13.5. The highest BCUT2D eigenvalue weighted by atomic mass is 19.1. The highest BCUT2D eigenvalue weighted by Crippen LogP contribution is 2.28. The Morgan fingerprint density at radius 2 is 2.00 bits per heavy atom. The van der Waals surface area contributed by atoms with Crippen molar-refractivity contribution in [3.8, 4) is 5.75 Å². The Labute approximate surface area is 119 Å². The van der Waals surface area contributed by atoms with E-state index >= 15 is 0 Å². The van der Waals surface area contributed by atoms with Crippen LogP contribution in [0.4, 0.5) is 4.39 Å². The summed E-state index contributed by atoms with van der Waals surface area (Å²) in [5.74, 6) is 0.462. The number of methoxy groups -OCH3 is 1. The molecule has 0 heterocycles. The minimum Gasteiger partial charge on any atom is -0.496 e. The van der Waals surface area contributed by atoms with Gasteiger partial charge in [-0.25, -0.2) is 4.39 Å². The smallest absolute Gasteiger partial charge is 0.123 e. The Kier molecular flexibility index (Phi) is 4.74. The van der Waals surface area contributed by atoms with Gasteiger partial charge in [0.1, 0.15) is 11.6 Å². The van der Waals surface area contributed by atoms with Gasteiger partial charge < -0.3 is 10.1 Å². The van der Waals surface area contributed by atoms with Gasteiger partial charge in [0.15, 0.2) is 0 Å². The fourth-order valence-electron chi connectivity index (χ4n) is 2.42. The van der Waals surface area contributed by atoms with Crippen molar-refractivity contribution in [2.75, 3.05) is 14.2 Å². The van der Waals surface area contributed by atoms with Crippen molar-refractivity contribution in [3.63, 3.8) is 0 Å². The van der Waals surface area contributed by atoms with Gasteiger partial charge in [0.2, 0.25) is 0 Å². The van der Waals surface area contributed by atoms with Crippen molar-refractivity contribution in [2.45, 2.75) is 19.4 Å². The van der Waals surface area contributed by atoms with Crippen LogP contribution in [-0.4, -0.2) is 14.2 Å². The van der Waals surface area contributed by atoms with E-state index in [2.05, 4.69) is 30.4 Å². The molecule has 2 rings (SSSR count). The van der Waals surface area contributed by atoms with Crippen LogP contribution < -0.4 is 10.1 Å². The van der Waals surface area contributed by atoms with Crippen molar-refractivity contribution in [1.82, 2.24) is 5.32 Å². The van der Waals surface area contributed by atoms with Gasteiger partial charge in [-0.3, -0.25) is 0 Å². The maximum absolute atomic E-state index is 13.5. The number of hydrogen-bond acceptors (Lipinski definition) is 2. The second kappa shape index (κ2) is 6.53. The van der Waals surface area contributed by atoms with Gasteiger partial charge in [0, 0.05) is 11.6 Å². The number of ether oxygens (including phenoxy) is 1. The second-order valence-electron chi connectivity index (χ2n) is 4.92. The lowest BCUT2D eigenvalue weighted by Crippen LogP contribution is -2.19. The standard InChI is InChI=1S/C17H20FNO/c1-12-5-4-6-13(9-12)10-16(19-2)15-11-14(18)7-8-17(15)20-3/h4-9,11,16,19H,10H2,1-3H3. The third kappa shape index (κ3) is 3.36. The molecule has 3 heteroatoms. The number of aryl methyl sites for hydroxylation is 1. The van der Waals surface area contributed by atoms with E-state index in [1.807, 2.05) is 13.1 Å². The summed E-state index contributed by atoms with van der Waals surface area (Å²) >= 11 is 0. The van der Waals surface area contributed by atoms with Gasteiger partial charge >= 0.3 is 0 Å². The topological polar surface area (TPSA) is 21.3 Å². The molecule has 0 aliphatic rings. The summed E-state index contributed by atoms with van der Waals surface area (Å²) in [7, 11) is 3.49. The molecule has 0 saturated heterocycles. The first-order valence-corrected chi connectivity index (χ1v) is 6.70. The molecule has 1 atom stereocenters. The van der Waals surface area contributed by atoms with Crippen LogP contribution >= 0.6 is 0 Å². The SMILES string of the molecule is CNC(Cc1cccc(C)c1)c1cc(F)ccc1OC. The fourth-order valence-corrected chi connectivity index (χ4v) is 2.42. The number of benzene rings is 2. The van der Waals surface area contributed by atoms with Crippen LogP contribution in [0.5, 0.6) is 5.75 Å². The van der Waals surface area contributed by atoms with Gasteiger partial charge in [0.25, 0.3) is 0 Å². The Morgan fingerprint density at radius 3 is 2.65 bits per heavy atom. The normalized spacial score (nSPS) is 12.2. The van der Waals surface area contributed by atoms with Crippen molar-refractivity contribution in [1.29, 1.82) is 0 Å². The lowest BCUT2D eigenvalue weighted by atomic mass is 9.97. The lowest BCUT2D eigenvalue weighted by Gasteiger charge is -2.20. The summed E-state index contributed by atoms with van der Waals surface area (Å²) in [5, 5.41) is 3.24. The number of hydrogen-bond donors (Lipinski definition) is 1. The molecule has 2 aromatic carbocycles. The first-order valence-electron chi connectivity index (χ1n) is 6.70. The highest BCUT2D eigenvalue weighted by molar-refractivity contribution is 5.38. The molecule has 0 fully saturated rings. The first kappa shape index (κ1) is 14.5. The molecule has 0 aromatic heterocycles. The van der Waals surface area contributed by atoms with Crippen LogP contribution in [0, 0.1) is 12.7 Å². The summed E-state index contributed by atoms with van der Waals surface area (Å²) in [4.78, 5) is 0. The molecular weight excluding hydrogens is 253 g/mol. The van der Waals surface area contributed by atoms with E-state index in [0.717, 1.165) is 12.0 Å². The van der Waals surface area contributed by atoms with E-state index < -0.39 is 0 Å². The van der Waals surface area contributed by atoms with Crippen molar-refractivity contribution in [3.05, 3.63) is 65.0 Å². The van der Waals surface area contributed by atoms with Crippen molar-refractivity contribution >= 4 is 0 Å². The Balaban J connectivity index is 2.30. The monoisotopic (exact) mass is 273 g/mol. The predicted molar refractivity (Wildman–Crippen MR) is 79.6 cm³/mol. The first-order chi connectivity index (χ1) is 9.63. The quantitative estimate of drug-likeness (QED) is 0.898. The van der Waals surface area contributed by atoms with Crippen molar-refractivity contribution < 1.29 is 9.13 Å². The minimum absolute atomic E-state index is 0.0162. The van der Waals surface area contributed by atoms with Crippen LogP contribution in [0.25, 0.3) is 0 Å². The molecule has 106 valence electrons. The molecule has 2 aromatic rings. The second-order valence-corrected chi connectivity index (χ2v) is 4.92. The number of rotatable bonds is 5. The molecule has 2 nitrogen and oxygen atoms in total. The zero-order valence-electron chi connectivity index (χ0n) is 12.1. The summed E-state index contributed by atoms with van der Waals surface area (Å²) in [6.07, 6.45) is 0.790. The molecule has 0 aliphatic heterocycles. The number of likely N-dealkylation sites (N-methyl/N-ethyl adjacent to an activating group) is 1. The van der Waals surface area contributed by atoms with Gasteiger partial charge in [-0.1, -0.05) is 29.8 Å². The molecule has 0 saturated carbocycles.